The molecular formula is C13H12O4. The summed E-state index contributed by atoms with van der Waals surface area (Å²) in [6.07, 6.45) is 3.87. The van der Waals surface area contributed by atoms with E-state index in [9.17, 15) is 9.59 Å². The molecule has 0 saturated carbocycles. The molecule has 0 unspecified atom stereocenters. The molecule has 0 atom stereocenters. The van der Waals surface area contributed by atoms with Crippen LogP contribution >= 0.6 is 0 Å². The van der Waals surface area contributed by atoms with Gasteiger partial charge < -0.3 is 9.84 Å². The molecule has 17 heavy (non-hydrogen) atoms. The van der Waals surface area contributed by atoms with E-state index in [1.165, 1.54) is 0 Å². The number of para-hydroxylation sites is 1. The van der Waals surface area contributed by atoms with Gasteiger partial charge in [-0.1, -0.05) is 24.3 Å². The van der Waals surface area contributed by atoms with Crippen LogP contribution in [0.15, 0.2) is 49.1 Å². The van der Waals surface area contributed by atoms with Gasteiger partial charge in [-0.25, -0.2) is 9.59 Å². The van der Waals surface area contributed by atoms with Gasteiger partial charge in [0.15, 0.2) is 0 Å². The average Bonchev–Trinajstić information content (AvgIpc) is 2.29. The average molecular weight is 232 g/mol. The zero-order chi connectivity index (χ0) is 12.7. The van der Waals surface area contributed by atoms with E-state index in [0.717, 1.165) is 17.7 Å². The molecule has 0 bridgehead atoms. The highest BCUT2D eigenvalue weighted by Crippen LogP contribution is 2.18. The van der Waals surface area contributed by atoms with E-state index in [0.29, 0.717) is 12.2 Å². The second-order valence-electron chi connectivity index (χ2n) is 3.19. The van der Waals surface area contributed by atoms with E-state index in [1.807, 2.05) is 12.1 Å². The fraction of sp³-hybridized carbons (Fsp3) is 0.0769. The lowest BCUT2D eigenvalue weighted by Gasteiger charge is -2.06. The largest absolute Gasteiger partial charge is 0.478 e. The van der Waals surface area contributed by atoms with E-state index in [2.05, 4.69) is 6.58 Å². The predicted molar refractivity (Wildman–Crippen MR) is 62.8 cm³/mol. The molecule has 1 aromatic carbocycles. The molecule has 0 aliphatic carbocycles. The number of esters is 1. The summed E-state index contributed by atoms with van der Waals surface area (Å²) < 4.78 is 5.01. The van der Waals surface area contributed by atoms with Crippen LogP contribution in [0, 0.1) is 0 Å². The quantitative estimate of drug-likeness (QED) is 0.365. The van der Waals surface area contributed by atoms with Crippen LogP contribution in [0.3, 0.4) is 0 Å². The van der Waals surface area contributed by atoms with Crippen molar-refractivity contribution < 1.29 is 19.4 Å². The molecular weight excluding hydrogens is 220 g/mol. The number of hydrogen-bond donors (Lipinski definition) is 1. The molecule has 0 aliphatic rings. The van der Waals surface area contributed by atoms with Crippen LogP contribution in [0.4, 0.5) is 0 Å². The van der Waals surface area contributed by atoms with Crippen molar-refractivity contribution in [1.82, 2.24) is 0 Å². The van der Waals surface area contributed by atoms with Gasteiger partial charge in [-0.05, 0) is 18.1 Å². The molecule has 0 aromatic heterocycles. The summed E-state index contributed by atoms with van der Waals surface area (Å²) in [7, 11) is 0. The highest BCUT2D eigenvalue weighted by molar-refractivity contribution is 5.91. The number of ether oxygens (including phenoxy) is 1. The maximum absolute atomic E-state index is 11.3. The molecule has 0 amide bonds. The molecule has 0 saturated heterocycles. The van der Waals surface area contributed by atoms with Crippen molar-refractivity contribution in [1.29, 1.82) is 0 Å². The van der Waals surface area contributed by atoms with Crippen molar-refractivity contribution in [2.45, 2.75) is 6.42 Å². The lowest BCUT2D eigenvalue weighted by atomic mass is 10.1. The standard InChI is InChI=1S/C13H12O4/c1-2-5-10-6-3-4-7-11(10)17-13(16)9-8-12(14)15/h2-4,6-9H,1,5H2,(H,14,15). The van der Waals surface area contributed by atoms with Crippen LogP contribution in [-0.4, -0.2) is 17.0 Å². The van der Waals surface area contributed by atoms with Crippen LogP contribution in [0.25, 0.3) is 0 Å². The van der Waals surface area contributed by atoms with Gasteiger partial charge in [-0.2, -0.15) is 0 Å². The molecule has 0 fully saturated rings. The Bertz CT molecular complexity index is 460. The SMILES string of the molecule is C=CCc1ccccc1OC(=O)C=CC(=O)O. The topological polar surface area (TPSA) is 63.6 Å². The van der Waals surface area contributed by atoms with Crippen molar-refractivity contribution in [2.24, 2.45) is 0 Å². The summed E-state index contributed by atoms with van der Waals surface area (Å²) in [4.78, 5) is 21.5. The molecule has 0 spiro atoms. The van der Waals surface area contributed by atoms with Gasteiger partial charge in [0.25, 0.3) is 0 Å². The summed E-state index contributed by atoms with van der Waals surface area (Å²) in [5.74, 6) is -1.50. The summed E-state index contributed by atoms with van der Waals surface area (Å²) in [6.45, 7) is 3.60. The fourth-order valence-electron chi connectivity index (χ4n) is 1.21. The Morgan fingerprint density at radius 1 is 1.29 bits per heavy atom. The molecule has 0 aliphatic heterocycles. The lowest BCUT2D eigenvalue weighted by Crippen LogP contribution is -2.06. The van der Waals surface area contributed by atoms with Gasteiger partial charge in [0, 0.05) is 12.2 Å². The Morgan fingerprint density at radius 3 is 2.65 bits per heavy atom. The zero-order valence-electron chi connectivity index (χ0n) is 9.13. The maximum Gasteiger partial charge on any atom is 0.336 e. The Hall–Kier alpha value is -2.36. The van der Waals surface area contributed by atoms with Gasteiger partial charge in [0.1, 0.15) is 5.75 Å². The molecule has 88 valence electrons. The molecule has 1 N–H and O–H groups in total. The number of hydrogen-bond acceptors (Lipinski definition) is 3. The zero-order valence-corrected chi connectivity index (χ0v) is 9.13. The van der Waals surface area contributed by atoms with E-state index in [1.54, 1.807) is 18.2 Å². The summed E-state index contributed by atoms with van der Waals surface area (Å²) in [6, 6.07) is 7.01. The first-order valence-electron chi connectivity index (χ1n) is 4.95. The fourth-order valence-corrected chi connectivity index (χ4v) is 1.21. The van der Waals surface area contributed by atoms with Crippen LogP contribution < -0.4 is 4.74 Å². The maximum atomic E-state index is 11.3. The summed E-state index contributed by atoms with van der Waals surface area (Å²) >= 11 is 0. The normalized spacial score (nSPS) is 10.1. The predicted octanol–water partition coefficient (Wildman–Crippen LogP) is 1.96. The lowest BCUT2D eigenvalue weighted by molar-refractivity contribution is -0.133. The Balaban J connectivity index is 2.77. The first kappa shape index (κ1) is 12.7. The number of allylic oxidation sites excluding steroid dienone is 1. The van der Waals surface area contributed by atoms with Crippen molar-refractivity contribution in [3.05, 3.63) is 54.6 Å². The Labute approximate surface area is 98.8 Å². The van der Waals surface area contributed by atoms with Crippen molar-refractivity contribution in [2.75, 3.05) is 0 Å². The van der Waals surface area contributed by atoms with Crippen molar-refractivity contribution >= 4 is 11.9 Å². The molecule has 0 radical (unpaired) electrons. The third-order valence-corrected chi connectivity index (χ3v) is 1.91. The molecule has 4 heteroatoms. The van der Waals surface area contributed by atoms with Crippen LogP contribution in [0.5, 0.6) is 5.75 Å². The molecule has 0 heterocycles. The van der Waals surface area contributed by atoms with Crippen molar-refractivity contribution in [3.8, 4) is 5.75 Å². The first-order valence-corrected chi connectivity index (χ1v) is 4.95. The monoisotopic (exact) mass is 232 g/mol. The number of carboxylic acid groups (broad SMARTS) is 1. The smallest absolute Gasteiger partial charge is 0.336 e. The van der Waals surface area contributed by atoms with E-state index < -0.39 is 11.9 Å². The van der Waals surface area contributed by atoms with Gasteiger partial charge in [-0.15, -0.1) is 6.58 Å². The van der Waals surface area contributed by atoms with E-state index in [-0.39, 0.29) is 0 Å². The third-order valence-electron chi connectivity index (χ3n) is 1.91. The number of rotatable bonds is 5. The van der Waals surface area contributed by atoms with Crippen molar-refractivity contribution in [3.63, 3.8) is 0 Å². The van der Waals surface area contributed by atoms with Gasteiger partial charge >= 0.3 is 11.9 Å². The van der Waals surface area contributed by atoms with E-state index >= 15 is 0 Å². The van der Waals surface area contributed by atoms with E-state index in [4.69, 9.17) is 9.84 Å². The van der Waals surface area contributed by atoms with Gasteiger partial charge in [0.2, 0.25) is 0 Å². The minimum Gasteiger partial charge on any atom is -0.478 e. The van der Waals surface area contributed by atoms with Crippen LogP contribution in [0.1, 0.15) is 5.56 Å². The van der Waals surface area contributed by atoms with Gasteiger partial charge in [-0.3, -0.25) is 0 Å². The summed E-state index contributed by atoms with van der Waals surface area (Å²) in [5.41, 5.74) is 0.819. The first-order chi connectivity index (χ1) is 8.13. The molecule has 1 aromatic rings. The number of carboxylic acids is 1. The van der Waals surface area contributed by atoms with Crippen LogP contribution in [-0.2, 0) is 16.0 Å². The minimum atomic E-state index is -1.19. The molecule has 4 nitrogen and oxygen atoms in total. The highest BCUT2D eigenvalue weighted by Gasteiger charge is 2.05. The summed E-state index contributed by atoms with van der Waals surface area (Å²) in [5, 5.41) is 8.36. The number of carbonyl (C=O) groups excluding carboxylic acids is 1. The number of carbonyl (C=O) groups is 2. The Morgan fingerprint density at radius 2 is 2.00 bits per heavy atom. The highest BCUT2D eigenvalue weighted by atomic mass is 16.5. The second kappa shape index (κ2) is 6.27. The minimum absolute atomic E-state index is 0.410. The number of aliphatic carboxylic acids is 1. The number of benzene rings is 1. The van der Waals surface area contributed by atoms with Crippen LogP contribution in [0.2, 0.25) is 0 Å². The van der Waals surface area contributed by atoms with Gasteiger partial charge in [0.05, 0.1) is 0 Å². The molecule has 1 rings (SSSR count). The Kier molecular flexibility index (Phi) is 4.69. The second-order valence-corrected chi connectivity index (χ2v) is 3.19. The third kappa shape index (κ3) is 4.34.